The number of aryl methyl sites for hydroxylation is 1. The topological polar surface area (TPSA) is 72.7 Å². The number of fused-ring (bicyclic) bond motifs is 1. The molecular weight excluding hydrogens is 393 g/mol. The summed E-state index contributed by atoms with van der Waals surface area (Å²) in [7, 11) is 0. The molecule has 0 spiro atoms. The summed E-state index contributed by atoms with van der Waals surface area (Å²) in [6, 6.07) is 14.5. The average Bonchev–Trinajstić information content (AvgIpc) is 3.12. The van der Waals surface area contributed by atoms with E-state index in [9.17, 15) is 14.0 Å². The minimum Gasteiger partial charge on any atom is -0.481 e. The Morgan fingerprint density at radius 2 is 2.03 bits per heavy atom. The first-order chi connectivity index (χ1) is 14.0. The fourth-order valence-electron chi connectivity index (χ4n) is 2.89. The number of nitrogens with zero attached hydrogens (tertiary/aromatic N) is 2. The summed E-state index contributed by atoms with van der Waals surface area (Å²) in [5, 5.41) is 4.57. The molecule has 0 aliphatic heterocycles. The third kappa shape index (κ3) is 4.02. The predicted molar refractivity (Wildman–Crippen MR) is 110 cm³/mol. The zero-order valence-corrected chi connectivity index (χ0v) is 16.2. The summed E-state index contributed by atoms with van der Waals surface area (Å²) in [5.74, 6) is -0.931. The van der Waals surface area contributed by atoms with Crippen LogP contribution < -0.4 is 15.6 Å². The van der Waals surface area contributed by atoms with Gasteiger partial charge in [0.15, 0.2) is 23.1 Å². The van der Waals surface area contributed by atoms with Gasteiger partial charge in [-0.2, -0.15) is 0 Å². The van der Waals surface area contributed by atoms with Crippen LogP contribution >= 0.6 is 11.3 Å². The summed E-state index contributed by atoms with van der Waals surface area (Å²) in [6.07, 6.45) is 0. The molecule has 8 heteroatoms. The van der Waals surface area contributed by atoms with Crippen LogP contribution in [0.5, 0.6) is 5.75 Å². The molecule has 0 saturated carbocycles. The van der Waals surface area contributed by atoms with E-state index in [2.05, 4.69) is 10.3 Å². The Morgan fingerprint density at radius 1 is 1.21 bits per heavy atom. The minimum atomic E-state index is -0.527. The van der Waals surface area contributed by atoms with E-state index in [1.807, 2.05) is 11.4 Å². The second kappa shape index (κ2) is 7.84. The van der Waals surface area contributed by atoms with Crippen LogP contribution in [0.4, 0.5) is 10.1 Å². The van der Waals surface area contributed by atoms with Crippen molar-refractivity contribution in [3.8, 4) is 17.0 Å². The minimum absolute atomic E-state index is 0.0170. The maximum Gasteiger partial charge on any atom is 0.262 e. The van der Waals surface area contributed by atoms with E-state index in [0.29, 0.717) is 22.0 Å². The van der Waals surface area contributed by atoms with E-state index < -0.39 is 11.7 Å². The van der Waals surface area contributed by atoms with Crippen LogP contribution in [0.25, 0.3) is 16.2 Å². The fraction of sp³-hybridized carbons (Fsp3) is 0.0952. The van der Waals surface area contributed by atoms with Gasteiger partial charge >= 0.3 is 0 Å². The van der Waals surface area contributed by atoms with Crippen molar-refractivity contribution < 1.29 is 13.9 Å². The van der Waals surface area contributed by atoms with Crippen molar-refractivity contribution in [3.63, 3.8) is 0 Å². The Bertz CT molecular complexity index is 1270. The summed E-state index contributed by atoms with van der Waals surface area (Å²) < 4.78 is 20.3. The predicted octanol–water partition coefficient (Wildman–Crippen LogP) is 3.89. The zero-order valence-electron chi connectivity index (χ0n) is 15.4. The van der Waals surface area contributed by atoms with Gasteiger partial charge in [0.05, 0.1) is 5.69 Å². The molecule has 0 unspecified atom stereocenters. The van der Waals surface area contributed by atoms with Crippen LogP contribution in [0.3, 0.4) is 0 Å². The molecule has 29 heavy (non-hydrogen) atoms. The number of ether oxygens (including phenoxy) is 1. The standard InChI is InChI=1S/C21H16FN3O3S/c1-13-9-20(27)25-17(12-29-21(25)23-13)14-5-4-6-15(10-14)24-19(26)11-28-18-8-3-2-7-16(18)22/h2-10,12H,11H2,1H3,(H,24,26). The number of aromatic nitrogens is 2. The first kappa shape index (κ1) is 18.8. The van der Waals surface area contributed by atoms with E-state index in [4.69, 9.17) is 4.74 Å². The molecule has 2 heterocycles. The summed E-state index contributed by atoms with van der Waals surface area (Å²) >= 11 is 1.37. The van der Waals surface area contributed by atoms with E-state index in [1.165, 1.54) is 29.5 Å². The van der Waals surface area contributed by atoms with E-state index in [0.717, 1.165) is 5.56 Å². The SMILES string of the molecule is Cc1cc(=O)n2c(-c3cccc(NC(=O)COc4ccccc4F)c3)csc2n1. The van der Waals surface area contributed by atoms with Crippen molar-refractivity contribution in [1.29, 1.82) is 0 Å². The highest BCUT2D eigenvalue weighted by Crippen LogP contribution is 2.26. The lowest BCUT2D eigenvalue weighted by atomic mass is 10.1. The van der Waals surface area contributed by atoms with E-state index in [1.54, 1.807) is 41.7 Å². The van der Waals surface area contributed by atoms with Crippen molar-refractivity contribution >= 4 is 27.9 Å². The number of anilines is 1. The molecule has 0 aliphatic carbocycles. The van der Waals surface area contributed by atoms with Gasteiger partial charge in [0.25, 0.3) is 11.5 Å². The van der Waals surface area contributed by atoms with Gasteiger partial charge in [0.2, 0.25) is 0 Å². The van der Waals surface area contributed by atoms with Crippen LogP contribution in [-0.2, 0) is 4.79 Å². The van der Waals surface area contributed by atoms with Gasteiger partial charge in [-0.25, -0.2) is 9.37 Å². The fourth-order valence-corrected chi connectivity index (χ4v) is 3.84. The molecule has 0 aliphatic rings. The molecule has 0 radical (unpaired) electrons. The monoisotopic (exact) mass is 409 g/mol. The molecule has 146 valence electrons. The molecule has 1 N–H and O–H groups in total. The normalized spacial score (nSPS) is 10.8. The van der Waals surface area contributed by atoms with Crippen molar-refractivity contribution in [3.05, 3.63) is 81.8 Å². The summed E-state index contributed by atoms with van der Waals surface area (Å²) in [4.78, 5) is 29.5. The van der Waals surface area contributed by atoms with Gasteiger partial charge in [-0.1, -0.05) is 24.3 Å². The van der Waals surface area contributed by atoms with Gasteiger partial charge < -0.3 is 10.1 Å². The lowest BCUT2D eigenvalue weighted by Crippen LogP contribution is -2.20. The first-order valence-electron chi connectivity index (χ1n) is 8.77. The number of rotatable bonds is 5. The third-order valence-electron chi connectivity index (χ3n) is 4.17. The average molecular weight is 409 g/mol. The molecule has 2 aromatic heterocycles. The number of halogens is 1. The number of para-hydroxylation sites is 1. The Kier molecular flexibility index (Phi) is 5.09. The molecule has 4 aromatic rings. The first-order valence-corrected chi connectivity index (χ1v) is 9.65. The maximum atomic E-state index is 13.6. The highest BCUT2D eigenvalue weighted by Gasteiger charge is 2.12. The number of carbonyl (C=O) groups is 1. The molecular formula is C21H16FN3O3S. The highest BCUT2D eigenvalue weighted by atomic mass is 32.1. The van der Waals surface area contributed by atoms with Gasteiger partial charge in [-0.15, -0.1) is 11.3 Å². The molecule has 2 aromatic carbocycles. The number of amides is 1. The third-order valence-corrected chi connectivity index (χ3v) is 5.00. The maximum absolute atomic E-state index is 13.6. The molecule has 4 rings (SSSR count). The van der Waals surface area contributed by atoms with E-state index in [-0.39, 0.29) is 17.9 Å². The molecule has 0 fully saturated rings. The number of carbonyl (C=O) groups excluding carboxylic acids is 1. The number of benzene rings is 2. The number of hydrogen-bond donors (Lipinski definition) is 1. The van der Waals surface area contributed by atoms with Crippen LogP contribution in [0.1, 0.15) is 5.69 Å². The lowest BCUT2D eigenvalue weighted by Gasteiger charge is -2.09. The molecule has 0 saturated heterocycles. The molecule has 0 bridgehead atoms. The summed E-state index contributed by atoms with van der Waals surface area (Å²) in [6.45, 7) is 1.45. The number of thiazole rings is 1. The Balaban J connectivity index is 1.53. The quantitative estimate of drug-likeness (QED) is 0.543. The van der Waals surface area contributed by atoms with Crippen molar-refractivity contribution in [1.82, 2.24) is 9.38 Å². The summed E-state index contributed by atoms with van der Waals surface area (Å²) in [5.41, 5.74) is 2.51. The zero-order chi connectivity index (χ0) is 20.4. The van der Waals surface area contributed by atoms with Crippen LogP contribution in [0.2, 0.25) is 0 Å². The van der Waals surface area contributed by atoms with Gasteiger partial charge in [0.1, 0.15) is 0 Å². The smallest absolute Gasteiger partial charge is 0.262 e. The van der Waals surface area contributed by atoms with Crippen molar-refractivity contribution in [2.45, 2.75) is 6.92 Å². The van der Waals surface area contributed by atoms with Crippen LogP contribution in [-0.4, -0.2) is 21.9 Å². The van der Waals surface area contributed by atoms with Gasteiger partial charge in [-0.3, -0.25) is 14.0 Å². The Hall–Kier alpha value is -3.52. The Labute approximate surface area is 169 Å². The second-order valence-electron chi connectivity index (χ2n) is 6.32. The van der Waals surface area contributed by atoms with Crippen molar-refractivity contribution in [2.24, 2.45) is 0 Å². The highest BCUT2D eigenvalue weighted by molar-refractivity contribution is 7.15. The van der Waals surface area contributed by atoms with Crippen LogP contribution in [0.15, 0.2) is 64.8 Å². The molecule has 1 amide bonds. The lowest BCUT2D eigenvalue weighted by molar-refractivity contribution is -0.118. The molecule has 6 nitrogen and oxygen atoms in total. The van der Waals surface area contributed by atoms with Gasteiger partial charge in [-0.05, 0) is 31.2 Å². The largest absolute Gasteiger partial charge is 0.481 e. The van der Waals surface area contributed by atoms with E-state index >= 15 is 0 Å². The van der Waals surface area contributed by atoms with Crippen LogP contribution in [0, 0.1) is 12.7 Å². The number of hydrogen-bond acceptors (Lipinski definition) is 5. The number of nitrogens with one attached hydrogen (secondary N) is 1. The second-order valence-corrected chi connectivity index (χ2v) is 7.16. The van der Waals surface area contributed by atoms with Gasteiger partial charge in [0, 0.05) is 28.4 Å². The molecule has 0 atom stereocenters. The Morgan fingerprint density at radius 3 is 2.86 bits per heavy atom. The van der Waals surface area contributed by atoms with Crippen molar-refractivity contribution in [2.75, 3.05) is 11.9 Å².